The monoisotopic (exact) mass is 233 g/mol. The van der Waals surface area contributed by atoms with Crippen molar-refractivity contribution in [2.24, 2.45) is 5.90 Å². The zero-order valence-corrected chi connectivity index (χ0v) is 9.45. The second kappa shape index (κ2) is 5.12. The van der Waals surface area contributed by atoms with Crippen molar-refractivity contribution in [1.82, 2.24) is 0 Å². The molecule has 2 nitrogen and oxygen atoms in total. The van der Waals surface area contributed by atoms with Gasteiger partial charge in [0.2, 0.25) is 0 Å². The maximum absolute atomic E-state index is 5.94. The molecular formula is C13H12ClNO. The van der Waals surface area contributed by atoms with Crippen molar-refractivity contribution in [2.45, 2.75) is 6.61 Å². The first-order valence-corrected chi connectivity index (χ1v) is 5.34. The maximum Gasteiger partial charge on any atom is 0.0936 e. The van der Waals surface area contributed by atoms with E-state index >= 15 is 0 Å². The van der Waals surface area contributed by atoms with Gasteiger partial charge in [-0.3, -0.25) is 4.84 Å². The Bertz CT molecular complexity index is 471. The number of hydrogen-bond acceptors (Lipinski definition) is 2. The summed E-state index contributed by atoms with van der Waals surface area (Å²) >= 11 is 5.94. The van der Waals surface area contributed by atoms with Crippen LogP contribution in [0.25, 0.3) is 11.1 Å². The van der Waals surface area contributed by atoms with E-state index in [1.165, 1.54) is 0 Å². The molecule has 82 valence electrons. The second-order valence-electron chi connectivity index (χ2n) is 3.48. The van der Waals surface area contributed by atoms with Crippen molar-refractivity contribution in [2.75, 3.05) is 0 Å². The fourth-order valence-corrected chi connectivity index (χ4v) is 1.87. The summed E-state index contributed by atoms with van der Waals surface area (Å²) in [6, 6.07) is 15.8. The van der Waals surface area contributed by atoms with E-state index in [0.29, 0.717) is 11.6 Å². The van der Waals surface area contributed by atoms with Crippen molar-refractivity contribution in [3.63, 3.8) is 0 Å². The standard InChI is InChI=1S/C13H12ClNO/c14-12-6-7-13(11(8-12)9-16-15)10-4-2-1-3-5-10/h1-8H,9,15H2. The smallest absolute Gasteiger partial charge is 0.0936 e. The molecule has 0 aromatic heterocycles. The summed E-state index contributed by atoms with van der Waals surface area (Å²) in [5.41, 5.74) is 3.21. The molecule has 0 spiro atoms. The molecule has 3 heteroatoms. The molecule has 2 rings (SSSR count). The van der Waals surface area contributed by atoms with Crippen LogP contribution in [0.4, 0.5) is 0 Å². The van der Waals surface area contributed by atoms with E-state index in [1.807, 2.05) is 48.5 Å². The molecule has 0 saturated heterocycles. The molecule has 2 N–H and O–H groups in total. The van der Waals surface area contributed by atoms with Crippen molar-refractivity contribution in [3.8, 4) is 11.1 Å². The predicted octanol–water partition coefficient (Wildman–Crippen LogP) is 3.40. The molecule has 2 aromatic carbocycles. The van der Waals surface area contributed by atoms with Gasteiger partial charge in [0.15, 0.2) is 0 Å². The quantitative estimate of drug-likeness (QED) is 0.825. The highest BCUT2D eigenvalue weighted by Crippen LogP contribution is 2.26. The van der Waals surface area contributed by atoms with E-state index in [1.54, 1.807) is 0 Å². The van der Waals surface area contributed by atoms with Crippen molar-refractivity contribution < 1.29 is 4.84 Å². The second-order valence-corrected chi connectivity index (χ2v) is 3.91. The van der Waals surface area contributed by atoms with Crippen LogP contribution in [0.3, 0.4) is 0 Å². The number of hydrogen-bond donors (Lipinski definition) is 1. The molecule has 0 bridgehead atoms. The summed E-state index contributed by atoms with van der Waals surface area (Å²) in [4.78, 5) is 4.69. The first-order chi connectivity index (χ1) is 7.81. The van der Waals surface area contributed by atoms with Gasteiger partial charge in [-0.25, -0.2) is 5.90 Å². The summed E-state index contributed by atoms with van der Waals surface area (Å²) in [5.74, 6) is 5.11. The van der Waals surface area contributed by atoms with E-state index in [2.05, 4.69) is 4.84 Å². The number of nitrogens with two attached hydrogens (primary N) is 1. The van der Waals surface area contributed by atoms with Gasteiger partial charge >= 0.3 is 0 Å². The number of halogens is 1. The third-order valence-corrected chi connectivity index (χ3v) is 2.63. The number of rotatable bonds is 3. The Balaban J connectivity index is 2.48. The molecule has 0 aliphatic carbocycles. The van der Waals surface area contributed by atoms with E-state index in [-0.39, 0.29) is 0 Å². The summed E-state index contributed by atoms with van der Waals surface area (Å²) in [5, 5.41) is 0.687. The minimum atomic E-state index is 0.352. The predicted molar refractivity (Wildman–Crippen MR) is 65.9 cm³/mol. The van der Waals surface area contributed by atoms with Gasteiger partial charge in [0.25, 0.3) is 0 Å². The third kappa shape index (κ3) is 2.42. The Morgan fingerprint density at radius 2 is 1.81 bits per heavy atom. The topological polar surface area (TPSA) is 35.2 Å². The van der Waals surface area contributed by atoms with Gasteiger partial charge < -0.3 is 0 Å². The SMILES string of the molecule is NOCc1cc(Cl)ccc1-c1ccccc1. The Morgan fingerprint density at radius 3 is 2.50 bits per heavy atom. The van der Waals surface area contributed by atoms with Crippen molar-refractivity contribution in [1.29, 1.82) is 0 Å². The molecule has 2 aromatic rings. The minimum absolute atomic E-state index is 0.352. The molecule has 0 unspecified atom stereocenters. The van der Waals surface area contributed by atoms with Crippen molar-refractivity contribution >= 4 is 11.6 Å². The van der Waals surface area contributed by atoms with Gasteiger partial charge in [0.05, 0.1) is 6.61 Å². The van der Waals surface area contributed by atoms with Crippen LogP contribution in [0.1, 0.15) is 5.56 Å². The lowest BCUT2D eigenvalue weighted by atomic mass is 10.0. The summed E-state index contributed by atoms with van der Waals surface area (Å²) in [6.07, 6.45) is 0. The van der Waals surface area contributed by atoms with Gasteiger partial charge in [-0.05, 0) is 28.8 Å². The van der Waals surface area contributed by atoms with Gasteiger partial charge in [-0.2, -0.15) is 0 Å². The Hall–Kier alpha value is -1.35. The fourth-order valence-electron chi connectivity index (χ4n) is 1.67. The van der Waals surface area contributed by atoms with Gasteiger partial charge in [-0.15, -0.1) is 0 Å². The van der Waals surface area contributed by atoms with Gasteiger partial charge in [-0.1, -0.05) is 48.0 Å². The molecule has 0 saturated carbocycles. The van der Waals surface area contributed by atoms with E-state index in [0.717, 1.165) is 16.7 Å². The highest BCUT2D eigenvalue weighted by molar-refractivity contribution is 6.30. The third-order valence-electron chi connectivity index (χ3n) is 2.39. The zero-order chi connectivity index (χ0) is 11.4. The lowest BCUT2D eigenvalue weighted by Crippen LogP contribution is -2.00. The molecule has 0 aliphatic heterocycles. The van der Waals surface area contributed by atoms with Crippen molar-refractivity contribution in [3.05, 3.63) is 59.1 Å². The highest BCUT2D eigenvalue weighted by atomic mass is 35.5. The van der Waals surface area contributed by atoms with Crippen LogP contribution in [0.5, 0.6) is 0 Å². The zero-order valence-electron chi connectivity index (χ0n) is 8.69. The van der Waals surface area contributed by atoms with E-state index in [9.17, 15) is 0 Å². The summed E-state index contributed by atoms with van der Waals surface area (Å²) < 4.78 is 0. The largest absolute Gasteiger partial charge is 0.300 e. The molecule has 16 heavy (non-hydrogen) atoms. The van der Waals surface area contributed by atoms with Crippen LogP contribution in [0.15, 0.2) is 48.5 Å². The van der Waals surface area contributed by atoms with Crippen LogP contribution >= 0.6 is 11.6 Å². The van der Waals surface area contributed by atoms with Crippen LogP contribution in [-0.2, 0) is 11.4 Å². The van der Waals surface area contributed by atoms with Crippen LogP contribution in [-0.4, -0.2) is 0 Å². The Morgan fingerprint density at radius 1 is 1.06 bits per heavy atom. The lowest BCUT2D eigenvalue weighted by molar-refractivity contribution is 0.124. The molecule has 0 fully saturated rings. The van der Waals surface area contributed by atoms with Crippen LogP contribution < -0.4 is 5.90 Å². The van der Waals surface area contributed by atoms with Crippen LogP contribution in [0.2, 0.25) is 5.02 Å². The van der Waals surface area contributed by atoms with E-state index < -0.39 is 0 Å². The normalized spacial score (nSPS) is 10.4. The van der Waals surface area contributed by atoms with Crippen LogP contribution in [0, 0.1) is 0 Å². The highest BCUT2D eigenvalue weighted by Gasteiger charge is 2.05. The molecule has 0 radical (unpaired) electrons. The average Bonchev–Trinajstić information content (AvgIpc) is 2.31. The molecule has 0 amide bonds. The fraction of sp³-hybridized carbons (Fsp3) is 0.0769. The first kappa shape index (κ1) is 11.1. The molecular weight excluding hydrogens is 222 g/mol. The summed E-state index contributed by atoms with van der Waals surface area (Å²) in [6.45, 7) is 0.352. The molecule has 0 aliphatic rings. The number of benzene rings is 2. The Labute approximate surface area is 99.6 Å². The average molecular weight is 234 g/mol. The van der Waals surface area contributed by atoms with Gasteiger partial charge in [0.1, 0.15) is 0 Å². The first-order valence-electron chi connectivity index (χ1n) is 4.97. The maximum atomic E-state index is 5.94. The minimum Gasteiger partial charge on any atom is -0.300 e. The molecule has 0 heterocycles. The van der Waals surface area contributed by atoms with E-state index in [4.69, 9.17) is 17.5 Å². The Kier molecular flexibility index (Phi) is 3.57. The summed E-state index contributed by atoms with van der Waals surface area (Å²) in [7, 11) is 0. The van der Waals surface area contributed by atoms with Gasteiger partial charge in [0, 0.05) is 5.02 Å². The lowest BCUT2D eigenvalue weighted by Gasteiger charge is -2.09. The molecule has 0 atom stereocenters.